The van der Waals surface area contributed by atoms with Crippen LogP contribution >= 0.6 is 0 Å². The molecule has 1 saturated carbocycles. The van der Waals surface area contributed by atoms with Crippen LogP contribution in [0.3, 0.4) is 0 Å². The Labute approximate surface area is 114 Å². The Bertz CT molecular complexity index is 184. The van der Waals surface area contributed by atoms with Crippen LogP contribution in [0.2, 0.25) is 0 Å². The summed E-state index contributed by atoms with van der Waals surface area (Å²) >= 11 is 0. The number of hydrogen-bond acceptors (Lipinski definition) is 2. The minimum atomic E-state index is 0.867. The van der Waals surface area contributed by atoms with Crippen molar-refractivity contribution in [2.45, 2.75) is 65.2 Å². The van der Waals surface area contributed by atoms with Crippen molar-refractivity contribution in [3.8, 4) is 0 Å². The lowest BCUT2D eigenvalue weighted by Gasteiger charge is -2.25. The smallest absolute Gasteiger partial charge is 0.0465 e. The zero-order valence-electron chi connectivity index (χ0n) is 12.5. The van der Waals surface area contributed by atoms with Crippen molar-refractivity contribution in [2.75, 3.05) is 26.3 Å². The van der Waals surface area contributed by atoms with Gasteiger partial charge in [-0.25, -0.2) is 0 Å². The number of ether oxygens (including phenoxy) is 1. The summed E-state index contributed by atoms with van der Waals surface area (Å²) in [5.74, 6) is 1.86. The van der Waals surface area contributed by atoms with Crippen LogP contribution in [0, 0.1) is 11.8 Å². The minimum absolute atomic E-state index is 0.867. The van der Waals surface area contributed by atoms with Crippen molar-refractivity contribution in [3.05, 3.63) is 0 Å². The Morgan fingerprint density at radius 3 is 2.56 bits per heavy atom. The van der Waals surface area contributed by atoms with Gasteiger partial charge in [-0.3, -0.25) is 0 Å². The Balaban J connectivity index is 2.27. The molecule has 1 aliphatic rings. The van der Waals surface area contributed by atoms with Gasteiger partial charge in [0.15, 0.2) is 0 Å². The molecule has 1 aliphatic carbocycles. The quantitative estimate of drug-likeness (QED) is 0.497. The third-order valence-corrected chi connectivity index (χ3v) is 4.22. The van der Waals surface area contributed by atoms with Crippen molar-refractivity contribution in [1.29, 1.82) is 0 Å². The molecule has 0 spiro atoms. The molecule has 2 nitrogen and oxygen atoms in total. The van der Waals surface area contributed by atoms with Crippen LogP contribution in [0.1, 0.15) is 65.2 Å². The van der Waals surface area contributed by atoms with E-state index in [0.29, 0.717) is 0 Å². The Kier molecular flexibility index (Phi) is 9.59. The molecule has 18 heavy (non-hydrogen) atoms. The van der Waals surface area contributed by atoms with Gasteiger partial charge in [0.25, 0.3) is 0 Å². The molecule has 1 fully saturated rings. The molecule has 0 aliphatic heterocycles. The maximum atomic E-state index is 5.47. The molecule has 0 heterocycles. The first-order valence-electron chi connectivity index (χ1n) is 8.16. The van der Waals surface area contributed by atoms with Gasteiger partial charge in [0, 0.05) is 13.2 Å². The maximum absolute atomic E-state index is 5.47. The van der Waals surface area contributed by atoms with Crippen LogP contribution < -0.4 is 5.32 Å². The van der Waals surface area contributed by atoms with Gasteiger partial charge in [0.2, 0.25) is 0 Å². The zero-order valence-corrected chi connectivity index (χ0v) is 12.5. The lowest BCUT2D eigenvalue weighted by molar-refractivity contribution is 0.134. The molecular formula is C16H33NO. The second-order valence-corrected chi connectivity index (χ2v) is 5.70. The topological polar surface area (TPSA) is 21.3 Å². The van der Waals surface area contributed by atoms with Gasteiger partial charge in [-0.05, 0) is 57.5 Å². The van der Waals surface area contributed by atoms with Gasteiger partial charge in [-0.15, -0.1) is 0 Å². The van der Waals surface area contributed by atoms with Crippen LogP contribution in [-0.4, -0.2) is 26.3 Å². The van der Waals surface area contributed by atoms with E-state index in [1.807, 2.05) is 0 Å². The summed E-state index contributed by atoms with van der Waals surface area (Å²) in [5, 5.41) is 3.63. The first kappa shape index (κ1) is 16.0. The molecule has 0 aromatic heterocycles. The second-order valence-electron chi connectivity index (χ2n) is 5.70. The van der Waals surface area contributed by atoms with E-state index in [-0.39, 0.29) is 0 Å². The van der Waals surface area contributed by atoms with E-state index in [1.165, 1.54) is 64.5 Å². The fourth-order valence-corrected chi connectivity index (χ4v) is 3.17. The summed E-state index contributed by atoms with van der Waals surface area (Å²) in [5.41, 5.74) is 0. The normalized spacial score (nSPS) is 25.0. The fraction of sp³-hybridized carbons (Fsp3) is 1.00. The molecule has 0 saturated heterocycles. The molecule has 2 unspecified atom stereocenters. The highest BCUT2D eigenvalue weighted by Gasteiger charge is 2.22. The highest BCUT2D eigenvalue weighted by molar-refractivity contribution is 4.76. The number of nitrogens with one attached hydrogen (secondary N) is 1. The van der Waals surface area contributed by atoms with Crippen LogP contribution in [0.15, 0.2) is 0 Å². The van der Waals surface area contributed by atoms with Crippen molar-refractivity contribution >= 4 is 0 Å². The van der Waals surface area contributed by atoms with Crippen molar-refractivity contribution in [1.82, 2.24) is 5.32 Å². The van der Waals surface area contributed by atoms with E-state index in [1.54, 1.807) is 0 Å². The molecule has 0 bridgehead atoms. The standard InChI is InChI=1S/C16H33NO/c1-3-12-17-14-16-10-7-5-6-9-15(16)11-8-13-18-4-2/h15-17H,3-14H2,1-2H3. The predicted molar refractivity (Wildman–Crippen MR) is 79.0 cm³/mol. The summed E-state index contributed by atoms with van der Waals surface area (Å²) in [6.07, 6.45) is 11.1. The highest BCUT2D eigenvalue weighted by atomic mass is 16.5. The highest BCUT2D eigenvalue weighted by Crippen LogP contribution is 2.31. The second kappa shape index (κ2) is 10.8. The maximum Gasteiger partial charge on any atom is 0.0465 e. The molecule has 108 valence electrons. The third kappa shape index (κ3) is 6.75. The lowest BCUT2D eigenvalue weighted by Crippen LogP contribution is -2.28. The largest absolute Gasteiger partial charge is 0.382 e. The summed E-state index contributed by atoms with van der Waals surface area (Å²) in [6.45, 7) is 8.59. The number of hydrogen-bond donors (Lipinski definition) is 1. The van der Waals surface area contributed by atoms with E-state index in [2.05, 4.69) is 19.2 Å². The van der Waals surface area contributed by atoms with E-state index >= 15 is 0 Å². The minimum Gasteiger partial charge on any atom is -0.382 e. The zero-order chi connectivity index (χ0) is 13.1. The van der Waals surface area contributed by atoms with E-state index < -0.39 is 0 Å². The summed E-state index contributed by atoms with van der Waals surface area (Å²) in [6, 6.07) is 0. The summed E-state index contributed by atoms with van der Waals surface area (Å²) < 4.78 is 5.47. The van der Waals surface area contributed by atoms with Crippen LogP contribution in [-0.2, 0) is 4.74 Å². The van der Waals surface area contributed by atoms with Gasteiger partial charge in [-0.1, -0.05) is 32.6 Å². The van der Waals surface area contributed by atoms with Gasteiger partial charge < -0.3 is 10.1 Å². The summed E-state index contributed by atoms with van der Waals surface area (Å²) in [7, 11) is 0. The molecule has 2 atom stereocenters. The van der Waals surface area contributed by atoms with Crippen molar-refractivity contribution < 1.29 is 4.74 Å². The van der Waals surface area contributed by atoms with Gasteiger partial charge in [0.1, 0.15) is 0 Å². The average Bonchev–Trinajstić information content (AvgIpc) is 2.61. The van der Waals surface area contributed by atoms with Gasteiger partial charge in [0.05, 0.1) is 0 Å². The van der Waals surface area contributed by atoms with Crippen molar-refractivity contribution in [3.63, 3.8) is 0 Å². The average molecular weight is 255 g/mol. The Hall–Kier alpha value is -0.0800. The van der Waals surface area contributed by atoms with Crippen LogP contribution in [0.25, 0.3) is 0 Å². The van der Waals surface area contributed by atoms with Gasteiger partial charge >= 0.3 is 0 Å². The Morgan fingerprint density at radius 1 is 1.06 bits per heavy atom. The molecule has 1 rings (SSSR count). The molecule has 0 radical (unpaired) electrons. The van der Waals surface area contributed by atoms with Crippen LogP contribution in [0.4, 0.5) is 0 Å². The predicted octanol–water partition coefficient (Wildman–Crippen LogP) is 4.00. The molecule has 0 aromatic rings. The molecular weight excluding hydrogens is 222 g/mol. The molecule has 0 aromatic carbocycles. The molecule has 0 amide bonds. The van der Waals surface area contributed by atoms with Gasteiger partial charge in [-0.2, -0.15) is 0 Å². The summed E-state index contributed by atoms with van der Waals surface area (Å²) in [4.78, 5) is 0. The third-order valence-electron chi connectivity index (χ3n) is 4.22. The molecule has 2 heteroatoms. The number of rotatable bonds is 9. The molecule has 1 N–H and O–H groups in total. The van der Waals surface area contributed by atoms with E-state index in [0.717, 1.165) is 25.0 Å². The SMILES string of the molecule is CCCNCC1CCCCCC1CCCOCC. The first-order valence-corrected chi connectivity index (χ1v) is 8.16. The van der Waals surface area contributed by atoms with E-state index in [9.17, 15) is 0 Å². The van der Waals surface area contributed by atoms with E-state index in [4.69, 9.17) is 4.74 Å². The Morgan fingerprint density at radius 2 is 1.83 bits per heavy atom. The monoisotopic (exact) mass is 255 g/mol. The fourth-order valence-electron chi connectivity index (χ4n) is 3.17. The van der Waals surface area contributed by atoms with Crippen LogP contribution in [0.5, 0.6) is 0 Å². The van der Waals surface area contributed by atoms with Crippen molar-refractivity contribution in [2.24, 2.45) is 11.8 Å². The first-order chi connectivity index (χ1) is 8.88. The lowest BCUT2D eigenvalue weighted by atomic mass is 9.84.